The first-order valence-corrected chi connectivity index (χ1v) is 7.92. The SMILES string of the molecule is CNC(Cc1csc(C)n1)C1CN(C(C)C)CCO1. The highest BCUT2D eigenvalue weighted by molar-refractivity contribution is 7.09. The minimum Gasteiger partial charge on any atom is -0.374 e. The molecule has 1 saturated heterocycles. The molecule has 5 heteroatoms. The van der Waals surface area contributed by atoms with E-state index in [9.17, 15) is 0 Å². The van der Waals surface area contributed by atoms with Gasteiger partial charge in [0.05, 0.1) is 23.4 Å². The molecule has 0 amide bonds. The van der Waals surface area contributed by atoms with Crippen molar-refractivity contribution in [3.63, 3.8) is 0 Å². The minimum atomic E-state index is 0.253. The number of hydrogen-bond donors (Lipinski definition) is 1. The van der Waals surface area contributed by atoms with Gasteiger partial charge in [0.15, 0.2) is 0 Å². The van der Waals surface area contributed by atoms with Gasteiger partial charge >= 0.3 is 0 Å². The van der Waals surface area contributed by atoms with Crippen molar-refractivity contribution in [1.82, 2.24) is 15.2 Å². The van der Waals surface area contributed by atoms with Crippen molar-refractivity contribution >= 4 is 11.3 Å². The summed E-state index contributed by atoms with van der Waals surface area (Å²) in [5.41, 5.74) is 1.17. The second-order valence-electron chi connectivity index (χ2n) is 5.46. The van der Waals surface area contributed by atoms with Gasteiger partial charge in [-0.2, -0.15) is 0 Å². The normalized spacial score (nSPS) is 22.9. The highest BCUT2D eigenvalue weighted by Gasteiger charge is 2.28. The number of rotatable bonds is 5. The van der Waals surface area contributed by atoms with Gasteiger partial charge in [-0.05, 0) is 27.8 Å². The molecule has 1 aliphatic heterocycles. The number of aryl methyl sites for hydroxylation is 1. The maximum Gasteiger partial charge on any atom is 0.0897 e. The van der Waals surface area contributed by atoms with Crippen molar-refractivity contribution in [2.24, 2.45) is 0 Å². The number of hydrogen-bond acceptors (Lipinski definition) is 5. The van der Waals surface area contributed by atoms with E-state index >= 15 is 0 Å². The van der Waals surface area contributed by atoms with Crippen molar-refractivity contribution in [2.45, 2.75) is 45.4 Å². The van der Waals surface area contributed by atoms with E-state index < -0.39 is 0 Å². The summed E-state index contributed by atoms with van der Waals surface area (Å²) in [6.07, 6.45) is 1.19. The Morgan fingerprint density at radius 2 is 2.37 bits per heavy atom. The molecule has 1 fully saturated rings. The van der Waals surface area contributed by atoms with E-state index in [1.807, 2.05) is 7.05 Å². The fraction of sp³-hybridized carbons (Fsp3) is 0.786. The molecule has 2 heterocycles. The number of nitrogens with one attached hydrogen (secondary N) is 1. The molecule has 2 atom stereocenters. The summed E-state index contributed by atoms with van der Waals surface area (Å²) in [6.45, 7) is 9.44. The maximum absolute atomic E-state index is 5.96. The van der Waals surface area contributed by atoms with Gasteiger partial charge in [0.2, 0.25) is 0 Å². The van der Waals surface area contributed by atoms with Gasteiger partial charge in [-0.3, -0.25) is 4.90 Å². The summed E-state index contributed by atoms with van der Waals surface area (Å²) >= 11 is 1.72. The van der Waals surface area contributed by atoms with E-state index in [1.165, 1.54) is 5.69 Å². The molecule has 2 unspecified atom stereocenters. The molecule has 0 spiro atoms. The molecule has 0 aliphatic carbocycles. The standard InChI is InChI=1S/C14H25N3OS/c1-10(2)17-5-6-18-14(8-17)13(15-4)7-12-9-19-11(3)16-12/h9-10,13-15H,5-8H2,1-4H3. The summed E-state index contributed by atoms with van der Waals surface area (Å²) in [6, 6.07) is 0.925. The Balaban J connectivity index is 1.96. The predicted octanol–water partition coefficient (Wildman–Crippen LogP) is 1.69. The Labute approximate surface area is 120 Å². The molecule has 2 rings (SSSR count). The van der Waals surface area contributed by atoms with Crippen molar-refractivity contribution in [3.8, 4) is 0 Å². The first kappa shape index (κ1) is 14.9. The molecule has 1 N–H and O–H groups in total. The Morgan fingerprint density at radius 3 is 2.95 bits per heavy atom. The number of likely N-dealkylation sites (N-methyl/N-ethyl adjacent to an activating group) is 1. The second kappa shape index (κ2) is 6.79. The van der Waals surface area contributed by atoms with Gasteiger partial charge in [0.25, 0.3) is 0 Å². The third kappa shape index (κ3) is 3.99. The van der Waals surface area contributed by atoms with Crippen LogP contribution in [0.25, 0.3) is 0 Å². The van der Waals surface area contributed by atoms with Crippen LogP contribution in [0.5, 0.6) is 0 Å². The zero-order valence-electron chi connectivity index (χ0n) is 12.3. The number of nitrogens with zero attached hydrogens (tertiary/aromatic N) is 2. The van der Waals surface area contributed by atoms with Crippen LogP contribution in [0, 0.1) is 6.92 Å². The Bertz CT molecular complexity index is 394. The van der Waals surface area contributed by atoms with Gasteiger partial charge in [-0.25, -0.2) is 4.98 Å². The lowest BCUT2D eigenvalue weighted by molar-refractivity contribution is -0.0542. The molecule has 1 aromatic rings. The van der Waals surface area contributed by atoms with E-state index in [2.05, 4.69) is 41.4 Å². The largest absolute Gasteiger partial charge is 0.374 e. The number of morpholine rings is 1. The first-order chi connectivity index (χ1) is 9.10. The number of aromatic nitrogens is 1. The summed E-state index contributed by atoms with van der Waals surface area (Å²) < 4.78 is 5.96. The van der Waals surface area contributed by atoms with Crippen molar-refractivity contribution < 1.29 is 4.74 Å². The molecule has 0 bridgehead atoms. The smallest absolute Gasteiger partial charge is 0.0897 e. The molecule has 0 aromatic carbocycles. The van der Waals surface area contributed by atoms with E-state index in [0.29, 0.717) is 12.1 Å². The molecule has 0 saturated carbocycles. The van der Waals surface area contributed by atoms with Crippen molar-refractivity contribution in [2.75, 3.05) is 26.7 Å². The third-order valence-corrected chi connectivity index (χ3v) is 4.59. The Morgan fingerprint density at radius 1 is 1.58 bits per heavy atom. The van der Waals surface area contributed by atoms with Gasteiger partial charge in [0.1, 0.15) is 0 Å². The van der Waals surface area contributed by atoms with Crippen LogP contribution in [0.15, 0.2) is 5.38 Å². The lowest BCUT2D eigenvalue weighted by atomic mass is 10.0. The van der Waals surface area contributed by atoms with Gasteiger partial charge in [-0.15, -0.1) is 11.3 Å². The lowest BCUT2D eigenvalue weighted by Gasteiger charge is -2.38. The van der Waals surface area contributed by atoms with Gasteiger partial charge in [-0.1, -0.05) is 0 Å². The molecule has 19 heavy (non-hydrogen) atoms. The molecule has 0 radical (unpaired) electrons. The van der Waals surface area contributed by atoms with Crippen LogP contribution >= 0.6 is 11.3 Å². The Hall–Kier alpha value is -0.490. The van der Waals surface area contributed by atoms with E-state index in [1.54, 1.807) is 11.3 Å². The molecule has 1 aromatic heterocycles. The van der Waals surface area contributed by atoms with Crippen LogP contribution in [-0.2, 0) is 11.2 Å². The van der Waals surface area contributed by atoms with E-state index in [4.69, 9.17) is 4.74 Å². The molecule has 108 valence electrons. The summed E-state index contributed by atoms with van der Waals surface area (Å²) in [4.78, 5) is 7.05. The van der Waals surface area contributed by atoms with E-state index in [-0.39, 0.29) is 6.10 Å². The van der Waals surface area contributed by atoms with Crippen LogP contribution < -0.4 is 5.32 Å². The zero-order chi connectivity index (χ0) is 13.8. The number of thiazole rings is 1. The molecular formula is C14H25N3OS. The number of ether oxygens (including phenoxy) is 1. The highest BCUT2D eigenvalue weighted by atomic mass is 32.1. The Kier molecular flexibility index (Phi) is 5.33. The van der Waals surface area contributed by atoms with Crippen molar-refractivity contribution in [1.29, 1.82) is 0 Å². The third-order valence-electron chi connectivity index (χ3n) is 3.77. The quantitative estimate of drug-likeness (QED) is 0.892. The fourth-order valence-corrected chi connectivity index (χ4v) is 3.18. The van der Waals surface area contributed by atoms with Crippen LogP contribution in [-0.4, -0.2) is 54.8 Å². The summed E-state index contributed by atoms with van der Waals surface area (Å²) in [7, 11) is 2.02. The zero-order valence-corrected chi connectivity index (χ0v) is 13.2. The second-order valence-corrected chi connectivity index (χ2v) is 6.52. The fourth-order valence-electron chi connectivity index (χ4n) is 2.56. The topological polar surface area (TPSA) is 37.4 Å². The van der Waals surface area contributed by atoms with Crippen LogP contribution in [0.3, 0.4) is 0 Å². The summed E-state index contributed by atoms with van der Waals surface area (Å²) in [5, 5.41) is 6.69. The van der Waals surface area contributed by atoms with Crippen LogP contribution in [0.1, 0.15) is 24.5 Å². The van der Waals surface area contributed by atoms with Gasteiger partial charge < -0.3 is 10.1 Å². The average Bonchev–Trinajstić information content (AvgIpc) is 2.81. The lowest BCUT2D eigenvalue weighted by Crippen LogP contribution is -2.53. The predicted molar refractivity (Wildman–Crippen MR) is 79.9 cm³/mol. The monoisotopic (exact) mass is 283 g/mol. The van der Waals surface area contributed by atoms with Crippen molar-refractivity contribution in [3.05, 3.63) is 16.1 Å². The van der Waals surface area contributed by atoms with Crippen LogP contribution in [0.4, 0.5) is 0 Å². The maximum atomic E-state index is 5.96. The van der Waals surface area contributed by atoms with E-state index in [0.717, 1.165) is 31.1 Å². The summed E-state index contributed by atoms with van der Waals surface area (Å²) in [5.74, 6) is 0. The molecular weight excluding hydrogens is 258 g/mol. The van der Waals surface area contributed by atoms with Crippen LogP contribution in [0.2, 0.25) is 0 Å². The van der Waals surface area contributed by atoms with Gasteiger partial charge in [0, 0.05) is 37.0 Å². The minimum absolute atomic E-state index is 0.253. The first-order valence-electron chi connectivity index (χ1n) is 7.04. The highest BCUT2D eigenvalue weighted by Crippen LogP contribution is 2.16. The molecule has 1 aliphatic rings. The molecule has 4 nitrogen and oxygen atoms in total. The average molecular weight is 283 g/mol.